The van der Waals surface area contributed by atoms with Gasteiger partial charge < -0.3 is 4.98 Å². The smallest absolute Gasteiger partial charge is 0.0478 e. The summed E-state index contributed by atoms with van der Waals surface area (Å²) in [4.78, 5) is 3.72. The van der Waals surface area contributed by atoms with Crippen LogP contribution >= 0.6 is 11.3 Å². The summed E-state index contributed by atoms with van der Waals surface area (Å²) in [7, 11) is 0. The molecular weight excluding hydrogens is 430 g/mol. The van der Waals surface area contributed by atoms with Gasteiger partial charge in [-0.15, -0.1) is 11.3 Å². The topological polar surface area (TPSA) is 15.8 Å². The first-order valence-electron chi connectivity index (χ1n) is 11.6. The molecule has 0 amide bonds. The van der Waals surface area contributed by atoms with Crippen LogP contribution in [0.5, 0.6) is 0 Å². The Morgan fingerprint density at radius 1 is 0.500 bits per heavy atom. The van der Waals surface area contributed by atoms with Crippen molar-refractivity contribution in [3.63, 3.8) is 0 Å². The molecular formula is C32H19NS. The quantitative estimate of drug-likeness (QED) is 0.257. The minimum atomic E-state index is 1.19. The highest BCUT2D eigenvalue weighted by Gasteiger charge is 2.19. The molecule has 0 saturated carbocycles. The van der Waals surface area contributed by atoms with E-state index in [1.54, 1.807) is 0 Å². The molecule has 0 saturated heterocycles. The van der Waals surface area contributed by atoms with E-state index < -0.39 is 0 Å². The first-order valence-corrected chi connectivity index (χ1v) is 12.4. The molecule has 1 N–H and O–H groups in total. The lowest BCUT2D eigenvalue weighted by Gasteiger charge is -2.08. The summed E-state index contributed by atoms with van der Waals surface area (Å²) >= 11 is 1.92. The molecule has 0 aliphatic heterocycles. The number of hydrogen-bond donors (Lipinski definition) is 1. The number of benzene rings is 6. The minimum absolute atomic E-state index is 1.19. The molecule has 8 aromatic rings. The molecule has 2 heterocycles. The summed E-state index contributed by atoms with van der Waals surface area (Å²) in [5, 5.41) is 10.5. The zero-order valence-electron chi connectivity index (χ0n) is 18.3. The molecule has 2 aromatic heterocycles. The van der Waals surface area contributed by atoms with Gasteiger partial charge in [-0.25, -0.2) is 0 Å². The molecule has 8 rings (SSSR count). The van der Waals surface area contributed by atoms with Gasteiger partial charge in [0.05, 0.1) is 0 Å². The number of aromatic nitrogens is 1. The Hall–Kier alpha value is -4.14. The van der Waals surface area contributed by atoms with Crippen molar-refractivity contribution in [1.29, 1.82) is 0 Å². The molecule has 34 heavy (non-hydrogen) atoms. The Balaban J connectivity index is 1.62. The Morgan fingerprint density at radius 2 is 1.24 bits per heavy atom. The van der Waals surface area contributed by atoms with Gasteiger partial charge in [0.15, 0.2) is 0 Å². The molecule has 0 bridgehead atoms. The van der Waals surface area contributed by atoms with E-state index in [4.69, 9.17) is 0 Å². The van der Waals surface area contributed by atoms with Gasteiger partial charge in [0.25, 0.3) is 0 Å². The maximum atomic E-state index is 3.72. The fourth-order valence-electron chi connectivity index (χ4n) is 5.62. The Morgan fingerprint density at radius 3 is 2.15 bits per heavy atom. The first-order chi connectivity index (χ1) is 16.8. The minimum Gasteiger partial charge on any atom is -0.354 e. The predicted octanol–water partition coefficient (Wildman–Crippen LogP) is 9.66. The van der Waals surface area contributed by atoms with Crippen LogP contribution in [0, 0.1) is 0 Å². The van der Waals surface area contributed by atoms with Crippen LogP contribution in [0.2, 0.25) is 0 Å². The molecule has 1 nitrogen and oxygen atoms in total. The summed E-state index contributed by atoms with van der Waals surface area (Å²) in [6.07, 6.45) is 0. The summed E-state index contributed by atoms with van der Waals surface area (Å²) in [6.45, 7) is 0. The van der Waals surface area contributed by atoms with Crippen LogP contribution in [0.3, 0.4) is 0 Å². The van der Waals surface area contributed by atoms with Gasteiger partial charge in [-0.1, -0.05) is 84.9 Å². The fourth-order valence-corrected chi connectivity index (χ4v) is 6.88. The lowest BCUT2D eigenvalue weighted by Crippen LogP contribution is -1.82. The van der Waals surface area contributed by atoms with Crippen molar-refractivity contribution in [2.75, 3.05) is 0 Å². The van der Waals surface area contributed by atoms with E-state index in [9.17, 15) is 0 Å². The third-order valence-corrected chi connectivity index (χ3v) is 8.35. The molecule has 0 fully saturated rings. The largest absolute Gasteiger partial charge is 0.354 e. The molecule has 0 unspecified atom stereocenters. The lowest BCUT2D eigenvalue weighted by molar-refractivity contribution is 1.55. The number of thiophene rings is 1. The van der Waals surface area contributed by atoms with Crippen molar-refractivity contribution in [2.24, 2.45) is 0 Å². The standard InChI is InChI=1S/C32H19NS/c1-2-9-21-17-22(14-13-19(21)7-1)25-18-27-29(24-11-5-6-12-26(24)33-27)31-30-23-10-4-3-8-20(23)15-16-28(30)34-32(25)31/h1-18,33H. The lowest BCUT2D eigenvalue weighted by atomic mass is 9.95. The van der Waals surface area contributed by atoms with Crippen molar-refractivity contribution in [1.82, 2.24) is 4.98 Å². The van der Waals surface area contributed by atoms with Gasteiger partial charge in [0.1, 0.15) is 0 Å². The third kappa shape index (κ3) is 2.43. The van der Waals surface area contributed by atoms with Crippen molar-refractivity contribution in [2.45, 2.75) is 0 Å². The van der Waals surface area contributed by atoms with E-state index in [-0.39, 0.29) is 0 Å². The highest BCUT2D eigenvalue weighted by molar-refractivity contribution is 7.26. The third-order valence-electron chi connectivity index (χ3n) is 7.16. The number of fused-ring (bicyclic) bond motifs is 10. The van der Waals surface area contributed by atoms with E-state index in [2.05, 4.69) is 114 Å². The Labute approximate surface area is 199 Å². The maximum absolute atomic E-state index is 3.72. The van der Waals surface area contributed by atoms with Gasteiger partial charge in [0.2, 0.25) is 0 Å². The number of hydrogen-bond acceptors (Lipinski definition) is 1. The van der Waals surface area contributed by atoms with E-state index in [1.165, 1.54) is 74.6 Å². The predicted molar refractivity (Wildman–Crippen MR) is 149 cm³/mol. The normalized spacial score (nSPS) is 12.1. The van der Waals surface area contributed by atoms with Crippen LogP contribution in [0.1, 0.15) is 0 Å². The van der Waals surface area contributed by atoms with Crippen LogP contribution in [-0.2, 0) is 0 Å². The average molecular weight is 450 g/mol. The molecule has 0 radical (unpaired) electrons. The molecule has 2 heteroatoms. The van der Waals surface area contributed by atoms with Gasteiger partial charge in [0, 0.05) is 47.5 Å². The summed E-state index contributed by atoms with van der Waals surface area (Å²) in [6, 6.07) is 39.8. The van der Waals surface area contributed by atoms with Gasteiger partial charge >= 0.3 is 0 Å². The second-order valence-corrected chi connectivity index (χ2v) is 10.1. The van der Waals surface area contributed by atoms with Gasteiger partial charge in [-0.3, -0.25) is 0 Å². The maximum Gasteiger partial charge on any atom is 0.0478 e. The molecule has 0 aliphatic carbocycles. The van der Waals surface area contributed by atoms with Crippen molar-refractivity contribution in [3.8, 4) is 11.1 Å². The Kier molecular flexibility index (Phi) is 3.60. The van der Waals surface area contributed by atoms with Crippen LogP contribution < -0.4 is 0 Å². The summed E-state index contributed by atoms with van der Waals surface area (Å²) in [5.41, 5.74) is 4.95. The van der Waals surface area contributed by atoms with Crippen molar-refractivity contribution < 1.29 is 0 Å². The number of aromatic amines is 1. The van der Waals surface area contributed by atoms with Crippen LogP contribution in [-0.4, -0.2) is 4.98 Å². The summed E-state index contributed by atoms with van der Waals surface area (Å²) in [5.74, 6) is 0. The second kappa shape index (κ2) is 6.69. The molecule has 0 spiro atoms. The molecule has 6 aromatic carbocycles. The SMILES string of the molecule is c1ccc2cc(-c3cc4[nH]c5ccccc5c4c4c3sc3ccc5ccccc5c34)ccc2c1. The van der Waals surface area contributed by atoms with Crippen LogP contribution in [0.25, 0.3) is 74.6 Å². The summed E-state index contributed by atoms with van der Waals surface area (Å²) < 4.78 is 2.70. The van der Waals surface area contributed by atoms with E-state index in [0.717, 1.165) is 0 Å². The fraction of sp³-hybridized carbons (Fsp3) is 0. The van der Waals surface area contributed by atoms with E-state index >= 15 is 0 Å². The molecule has 0 atom stereocenters. The van der Waals surface area contributed by atoms with Crippen LogP contribution in [0.15, 0.2) is 109 Å². The van der Waals surface area contributed by atoms with E-state index in [0.29, 0.717) is 0 Å². The number of para-hydroxylation sites is 1. The zero-order valence-corrected chi connectivity index (χ0v) is 19.1. The highest BCUT2D eigenvalue weighted by atomic mass is 32.1. The first kappa shape index (κ1) is 18.3. The number of rotatable bonds is 1. The Bertz CT molecular complexity index is 2070. The molecule has 158 valence electrons. The highest BCUT2D eigenvalue weighted by Crippen LogP contribution is 2.48. The number of nitrogens with one attached hydrogen (secondary N) is 1. The van der Waals surface area contributed by atoms with Gasteiger partial charge in [-0.2, -0.15) is 0 Å². The van der Waals surface area contributed by atoms with Crippen molar-refractivity contribution >= 4 is 74.9 Å². The van der Waals surface area contributed by atoms with Crippen LogP contribution in [0.4, 0.5) is 0 Å². The van der Waals surface area contributed by atoms with Gasteiger partial charge in [-0.05, 0) is 51.4 Å². The van der Waals surface area contributed by atoms with Crippen molar-refractivity contribution in [3.05, 3.63) is 109 Å². The zero-order chi connectivity index (χ0) is 22.2. The second-order valence-electron chi connectivity index (χ2n) is 9.05. The number of H-pyrrole nitrogens is 1. The monoisotopic (exact) mass is 449 g/mol. The average Bonchev–Trinajstić information content (AvgIpc) is 3.46. The molecule has 0 aliphatic rings. The van der Waals surface area contributed by atoms with E-state index in [1.807, 2.05) is 11.3 Å².